The second-order valence-corrected chi connectivity index (χ2v) is 7.06. The van der Waals surface area contributed by atoms with Gasteiger partial charge in [0.05, 0.1) is 12.4 Å². The highest BCUT2D eigenvalue weighted by molar-refractivity contribution is 5.92. The molecule has 148 valence electrons. The van der Waals surface area contributed by atoms with Crippen molar-refractivity contribution in [3.63, 3.8) is 0 Å². The summed E-state index contributed by atoms with van der Waals surface area (Å²) in [6.45, 7) is 4.65. The van der Waals surface area contributed by atoms with Crippen molar-refractivity contribution in [3.05, 3.63) is 84.1 Å². The van der Waals surface area contributed by atoms with Crippen molar-refractivity contribution in [2.24, 2.45) is 0 Å². The van der Waals surface area contributed by atoms with E-state index in [0.717, 1.165) is 25.2 Å². The first-order valence-corrected chi connectivity index (χ1v) is 9.78. The SMILES string of the molecule is O=C(c1cnc(NCc2cccnc2)cn1)N1CCN(Cc2ccccc2)CC1. The molecular formula is C22H24N6O. The molecule has 0 atom stereocenters. The summed E-state index contributed by atoms with van der Waals surface area (Å²) < 4.78 is 0. The Balaban J connectivity index is 1.27. The van der Waals surface area contributed by atoms with Crippen molar-refractivity contribution in [1.29, 1.82) is 0 Å². The van der Waals surface area contributed by atoms with Crippen molar-refractivity contribution in [1.82, 2.24) is 24.8 Å². The molecule has 0 saturated carbocycles. The highest BCUT2D eigenvalue weighted by Crippen LogP contribution is 2.11. The van der Waals surface area contributed by atoms with Gasteiger partial charge in [0.1, 0.15) is 11.5 Å². The van der Waals surface area contributed by atoms with Crippen LogP contribution in [0.1, 0.15) is 21.6 Å². The molecule has 1 amide bonds. The number of amides is 1. The number of carbonyl (C=O) groups excluding carboxylic acids is 1. The Kier molecular flexibility index (Phi) is 6.07. The molecule has 0 bridgehead atoms. The van der Waals surface area contributed by atoms with Gasteiger partial charge in [0.25, 0.3) is 5.91 Å². The highest BCUT2D eigenvalue weighted by atomic mass is 16.2. The summed E-state index contributed by atoms with van der Waals surface area (Å²) in [5.41, 5.74) is 2.74. The van der Waals surface area contributed by atoms with Gasteiger partial charge in [0.2, 0.25) is 0 Å². The first kappa shape index (κ1) is 19.0. The molecule has 29 heavy (non-hydrogen) atoms. The van der Waals surface area contributed by atoms with Gasteiger partial charge < -0.3 is 10.2 Å². The smallest absolute Gasteiger partial charge is 0.274 e. The Labute approximate surface area is 170 Å². The number of hydrogen-bond acceptors (Lipinski definition) is 6. The van der Waals surface area contributed by atoms with E-state index in [2.05, 4.69) is 49.4 Å². The van der Waals surface area contributed by atoms with E-state index in [1.165, 1.54) is 5.56 Å². The van der Waals surface area contributed by atoms with E-state index in [1.54, 1.807) is 24.8 Å². The lowest BCUT2D eigenvalue weighted by molar-refractivity contribution is 0.0622. The number of anilines is 1. The van der Waals surface area contributed by atoms with Crippen LogP contribution in [0.3, 0.4) is 0 Å². The summed E-state index contributed by atoms with van der Waals surface area (Å²) in [5.74, 6) is 0.578. The molecule has 3 heterocycles. The zero-order valence-corrected chi connectivity index (χ0v) is 16.2. The maximum Gasteiger partial charge on any atom is 0.274 e. The number of piperazine rings is 1. The number of nitrogens with zero attached hydrogens (tertiary/aromatic N) is 5. The second-order valence-electron chi connectivity index (χ2n) is 7.06. The summed E-state index contributed by atoms with van der Waals surface area (Å²) in [6.07, 6.45) is 6.69. The van der Waals surface area contributed by atoms with E-state index >= 15 is 0 Å². The standard InChI is InChI=1S/C22H24N6O/c29-22(28-11-9-27(10-12-28)17-18-5-2-1-3-6-18)20-15-26-21(16-24-20)25-14-19-7-4-8-23-13-19/h1-8,13,15-16H,9-12,14,17H2,(H,25,26). The Bertz CT molecular complexity index is 909. The van der Waals surface area contributed by atoms with Crippen LogP contribution in [-0.4, -0.2) is 56.8 Å². The minimum Gasteiger partial charge on any atom is -0.365 e. The molecule has 1 N–H and O–H groups in total. The average Bonchev–Trinajstić information content (AvgIpc) is 2.79. The van der Waals surface area contributed by atoms with Gasteiger partial charge >= 0.3 is 0 Å². The quantitative estimate of drug-likeness (QED) is 0.699. The molecule has 1 saturated heterocycles. The first-order valence-electron chi connectivity index (χ1n) is 9.78. The fourth-order valence-corrected chi connectivity index (χ4v) is 3.34. The second kappa shape index (κ2) is 9.25. The molecule has 0 spiro atoms. The molecular weight excluding hydrogens is 364 g/mol. The third-order valence-corrected chi connectivity index (χ3v) is 4.98. The summed E-state index contributed by atoms with van der Waals surface area (Å²) >= 11 is 0. The third-order valence-electron chi connectivity index (χ3n) is 4.98. The molecule has 1 aliphatic rings. The largest absolute Gasteiger partial charge is 0.365 e. The average molecular weight is 388 g/mol. The Hall–Kier alpha value is -3.32. The van der Waals surface area contributed by atoms with Crippen LogP contribution < -0.4 is 5.32 Å². The van der Waals surface area contributed by atoms with Crippen LogP contribution >= 0.6 is 0 Å². The van der Waals surface area contributed by atoms with Gasteiger partial charge in [-0.3, -0.25) is 14.7 Å². The van der Waals surface area contributed by atoms with Gasteiger partial charge in [-0.15, -0.1) is 0 Å². The Morgan fingerprint density at radius 3 is 2.38 bits per heavy atom. The lowest BCUT2D eigenvalue weighted by Crippen LogP contribution is -2.48. The van der Waals surface area contributed by atoms with Crippen LogP contribution in [0.4, 0.5) is 5.82 Å². The van der Waals surface area contributed by atoms with E-state index < -0.39 is 0 Å². The number of benzene rings is 1. The molecule has 4 rings (SSSR count). The normalized spacial score (nSPS) is 14.6. The van der Waals surface area contributed by atoms with Crippen LogP contribution in [0, 0.1) is 0 Å². The molecule has 0 aliphatic carbocycles. The summed E-state index contributed by atoms with van der Waals surface area (Å²) in [7, 11) is 0. The zero-order valence-electron chi connectivity index (χ0n) is 16.2. The number of rotatable bonds is 6. The Morgan fingerprint density at radius 1 is 0.897 bits per heavy atom. The maximum atomic E-state index is 12.7. The molecule has 3 aromatic rings. The van der Waals surface area contributed by atoms with Crippen molar-refractivity contribution >= 4 is 11.7 Å². The number of nitrogens with one attached hydrogen (secondary N) is 1. The van der Waals surface area contributed by atoms with Gasteiger partial charge in [-0.2, -0.15) is 0 Å². The van der Waals surface area contributed by atoms with Gasteiger partial charge in [-0.1, -0.05) is 36.4 Å². The summed E-state index contributed by atoms with van der Waals surface area (Å²) in [6, 6.07) is 14.3. The summed E-state index contributed by atoms with van der Waals surface area (Å²) in [5, 5.41) is 3.19. The predicted octanol–water partition coefficient (Wildman–Crippen LogP) is 2.44. The highest BCUT2D eigenvalue weighted by Gasteiger charge is 2.23. The van der Waals surface area contributed by atoms with E-state index in [9.17, 15) is 4.79 Å². The molecule has 0 unspecified atom stereocenters. The zero-order chi connectivity index (χ0) is 19.9. The van der Waals surface area contributed by atoms with Crippen LogP contribution in [0.25, 0.3) is 0 Å². The number of pyridine rings is 1. The van der Waals surface area contributed by atoms with Crippen LogP contribution in [0.15, 0.2) is 67.3 Å². The van der Waals surface area contributed by atoms with Crippen molar-refractivity contribution in [2.45, 2.75) is 13.1 Å². The molecule has 7 heteroatoms. The van der Waals surface area contributed by atoms with Gasteiger partial charge in [-0.05, 0) is 17.2 Å². The monoisotopic (exact) mass is 388 g/mol. The van der Waals surface area contributed by atoms with Gasteiger partial charge in [-0.25, -0.2) is 9.97 Å². The van der Waals surface area contributed by atoms with E-state index in [0.29, 0.717) is 31.1 Å². The van der Waals surface area contributed by atoms with Crippen LogP contribution in [0.5, 0.6) is 0 Å². The topological polar surface area (TPSA) is 74.2 Å². The minimum atomic E-state index is -0.0596. The van der Waals surface area contributed by atoms with Crippen LogP contribution in [0.2, 0.25) is 0 Å². The van der Waals surface area contributed by atoms with Crippen LogP contribution in [-0.2, 0) is 13.1 Å². The first-order chi connectivity index (χ1) is 14.3. The summed E-state index contributed by atoms with van der Waals surface area (Å²) in [4.78, 5) is 29.7. The van der Waals surface area contributed by atoms with E-state index in [4.69, 9.17) is 0 Å². The number of aromatic nitrogens is 3. The van der Waals surface area contributed by atoms with E-state index in [1.807, 2.05) is 23.1 Å². The molecule has 7 nitrogen and oxygen atoms in total. The minimum absolute atomic E-state index is 0.0596. The van der Waals surface area contributed by atoms with Crippen molar-refractivity contribution < 1.29 is 4.79 Å². The lowest BCUT2D eigenvalue weighted by Gasteiger charge is -2.34. The van der Waals surface area contributed by atoms with Gasteiger partial charge in [0.15, 0.2) is 0 Å². The van der Waals surface area contributed by atoms with Crippen molar-refractivity contribution in [2.75, 3.05) is 31.5 Å². The predicted molar refractivity (Wildman–Crippen MR) is 111 cm³/mol. The molecule has 0 radical (unpaired) electrons. The molecule has 1 aliphatic heterocycles. The van der Waals surface area contributed by atoms with Gasteiger partial charge in [0, 0.05) is 51.7 Å². The van der Waals surface area contributed by atoms with E-state index in [-0.39, 0.29) is 5.91 Å². The molecule has 2 aromatic heterocycles. The molecule has 1 fully saturated rings. The Morgan fingerprint density at radius 2 is 1.69 bits per heavy atom. The lowest BCUT2D eigenvalue weighted by atomic mass is 10.2. The fourth-order valence-electron chi connectivity index (χ4n) is 3.34. The molecule has 1 aromatic carbocycles. The third kappa shape index (κ3) is 5.14. The fraction of sp³-hybridized carbons (Fsp3) is 0.273. The maximum absolute atomic E-state index is 12.7. The van der Waals surface area contributed by atoms with Crippen molar-refractivity contribution in [3.8, 4) is 0 Å². The number of carbonyl (C=O) groups is 1. The number of hydrogen-bond donors (Lipinski definition) is 1.